The van der Waals surface area contributed by atoms with Gasteiger partial charge in [-0.05, 0) is 67.2 Å². The quantitative estimate of drug-likeness (QED) is 0.0972. The summed E-state index contributed by atoms with van der Waals surface area (Å²) in [7, 11) is 3.02. The number of hydrogen-bond acceptors (Lipinski definition) is 11. The predicted molar refractivity (Wildman–Crippen MR) is 192 cm³/mol. The summed E-state index contributed by atoms with van der Waals surface area (Å²) in [5.74, 6) is -0.0353. The maximum Gasteiger partial charge on any atom is 0.348 e. The van der Waals surface area contributed by atoms with Gasteiger partial charge in [0.05, 0.1) is 14.2 Å². The van der Waals surface area contributed by atoms with E-state index in [1.165, 1.54) is 38.0 Å². The van der Waals surface area contributed by atoms with Crippen LogP contribution in [-0.4, -0.2) is 68.4 Å². The minimum atomic E-state index is -1.91. The number of carbonyl (C=O) groups excluding carboxylic acids is 2. The first kappa shape index (κ1) is 36.9. The molecule has 3 atom stereocenters. The fourth-order valence-electron chi connectivity index (χ4n) is 6.61. The number of aliphatic hydroxyl groups is 1. The number of hydrogen-bond donors (Lipinski definition) is 2. The van der Waals surface area contributed by atoms with Gasteiger partial charge in [-0.1, -0.05) is 59.6 Å². The first-order chi connectivity index (χ1) is 24.6. The molecule has 270 valence electrons. The molecule has 2 aromatic heterocycles. The van der Waals surface area contributed by atoms with Crippen LogP contribution in [0.25, 0.3) is 0 Å². The first-order valence-electron chi connectivity index (χ1n) is 16.6. The van der Waals surface area contributed by atoms with Crippen molar-refractivity contribution in [2.24, 2.45) is 5.92 Å². The second-order valence-corrected chi connectivity index (χ2v) is 14.7. The highest BCUT2D eigenvalue weighted by Gasteiger charge is 2.44. The Balaban J connectivity index is 1.15. The molecule has 5 heterocycles. The summed E-state index contributed by atoms with van der Waals surface area (Å²) in [5.41, 5.74) is -0.448. The predicted octanol–water partition coefficient (Wildman–Crippen LogP) is 5.46. The molecule has 11 nitrogen and oxygen atoms in total. The lowest BCUT2D eigenvalue weighted by Crippen LogP contribution is -2.54. The summed E-state index contributed by atoms with van der Waals surface area (Å²) < 4.78 is 23.4. The highest BCUT2D eigenvalue weighted by Crippen LogP contribution is 2.36. The Labute approximate surface area is 310 Å². The van der Waals surface area contributed by atoms with Crippen LogP contribution in [0.5, 0.6) is 11.5 Å². The summed E-state index contributed by atoms with van der Waals surface area (Å²) in [5, 5.41) is 27.1. The Morgan fingerprint density at radius 3 is 2.39 bits per heavy atom. The number of methoxy groups -OCH3 is 2. The largest absolute Gasteiger partial charge is 0.619 e. The van der Waals surface area contributed by atoms with Gasteiger partial charge in [0.1, 0.15) is 27.1 Å². The molecule has 1 unspecified atom stereocenters. The number of rotatable bonds is 14. The number of thiophene rings is 1. The number of piperidine rings is 3. The normalized spacial score (nSPS) is 19.9. The van der Waals surface area contributed by atoms with Crippen LogP contribution in [0.2, 0.25) is 10.0 Å². The number of fused-ring (bicyclic) bond motifs is 3. The molecule has 3 aliphatic rings. The fourth-order valence-corrected chi connectivity index (χ4v) is 8.07. The highest BCUT2D eigenvalue weighted by molar-refractivity contribution is 7.13. The third-order valence-electron chi connectivity index (χ3n) is 9.46. The van der Waals surface area contributed by atoms with Crippen molar-refractivity contribution in [3.63, 3.8) is 0 Å². The SMILES string of the molecule is COc1ccc([C@H](Cc2c(Cl)c[n+]([O-])cc2Cl)OC(=O)c2ccc(CNCC(O)(C(=O)O[C@H]3CN4CCC3CC4)c3ccccc3)s2)cc1OC. The molecule has 3 saturated heterocycles. The summed E-state index contributed by atoms with van der Waals surface area (Å²) in [6, 6.07) is 17.4. The van der Waals surface area contributed by atoms with Gasteiger partial charge in [-0.25, -0.2) is 9.59 Å². The lowest BCUT2D eigenvalue weighted by atomic mass is 9.85. The summed E-state index contributed by atoms with van der Waals surface area (Å²) >= 11 is 14.0. The molecule has 0 saturated carbocycles. The standard InChI is InChI=1S/C37H39Cl2N3O8S/c1-47-30-10-8-24(16-32(30)48-2)31(17-27-28(38)19-42(46)20-29(27)39)49-35(43)34-11-9-26(51-34)18-40-22-37(45,25-6-4-3-5-7-25)36(44)50-33-21-41-14-12-23(33)13-15-41/h3-11,16,19-20,23,31,33,40,45H,12-15,17-18,21-22H2,1-2H3/t31-,33-,37?/m0/s1. The average molecular weight is 757 g/mol. The molecule has 2 aromatic carbocycles. The molecular formula is C37H39Cl2N3O8S. The van der Waals surface area contributed by atoms with Crippen LogP contribution in [0, 0.1) is 11.1 Å². The van der Waals surface area contributed by atoms with Gasteiger partial charge in [0.25, 0.3) is 0 Å². The third kappa shape index (κ3) is 8.43. The van der Waals surface area contributed by atoms with Crippen LogP contribution in [0.1, 0.15) is 50.2 Å². The Morgan fingerprint density at radius 1 is 1.04 bits per heavy atom. The Hall–Kier alpha value is -3.91. The van der Waals surface area contributed by atoms with E-state index in [0.29, 0.717) is 50.3 Å². The first-order valence-corrected chi connectivity index (χ1v) is 18.2. The van der Waals surface area contributed by atoms with Crippen molar-refractivity contribution in [1.29, 1.82) is 0 Å². The molecule has 0 radical (unpaired) electrons. The fraction of sp³-hybridized carbons (Fsp3) is 0.378. The molecule has 51 heavy (non-hydrogen) atoms. The third-order valence-corrected chi connectivity index (χ3v) is 11.2. The van der Waals surface area contributed by atoms with Crippen LogP contribution in [0.4, 0.5) is 0 Å². The molecule has 7 rings (SSSR count). The van der Waals surface area contributed by atoms with Crippen LogP contribution < -0.4 is 19.5 Å². The van der Waals surface area contributed by atoms with Crippen molar-refractivity contribution in [2.45, 2.75) is 43.6 Å². The summed E-state index contributed by atoms with van der Waals surface area (Å²) in [6.45, 7) is 2.87. The second kappa shape index (κ2) is 16.2. The Kier molecular flexibility index (Phi) is 11.7. The van der Waals surface area contributed by atoms with Gasteiger partial charge in [-0.15, -0.1) is 11.3 Å². The van der Waals surface area contributed by atoms with Crippen LogP contribution in [-0.2, 0) is 32.8 Å². The van der Waals surface area contributed by atoms with Crippen molar-refractivity contribution >= 4 is 46.5 Å². The molecule has 4 aromatic rings. The number of carbonyl (C=O) groups is 2. The van der Waals surface area contributed by atoms with Crippen LogP contribution in [0.3, 0.4) is 0 Å². The topological polar surface area (TPSA) is 134 Å². The van der Waals surface area contributed by atoms with Gasteiger partial charge in [-0.2, -0.15) is 4.73 Å². The van der Waals surface area contributed by atoms with E-state index in [1.54, 1.807) is 54.6 Å². The molecular weight excluding hydrogens is 717 g/mol. The molecule has 0 aliphatic carbocycles. The smallest absolute Gasteiger partial charge is 0.348 e. The Bertz CT molecular complexity index is 1830. The number of nitrogens with one attached hydrogen (secondary N) is 1. The van der Waals surface area contributed by atoms with E-state index in [-0.39, 0.29) is 35.7 Å². The zero-order valence-corrected chi connectivity index (χ0v) is 30.5. The van der Waals surface area contributed by atoms with E-state index in [0.717, 1.165) is 30.8 Å². The van der Waals surface area contributed by atoms with Crippen LogP contribution >= 0.6 is 34.5 Å². The van der Waals surface area contributed by atoms with Gasteiger partial charge in [-0.3, -0.25) is 4.90 Å². The molecule has 2 bridgehead atoms. The lowest BCUT2D eigenvalue weighted by Gasteiger charge is -2.44. The van der Waals surface area contributed by atoms with Crippen molar-refractivity contribution in [2.75, 3.05) is 40.4 Å². The van der Waals surface area contributed by atoms with Crippen molar-refractivity contribution < 1.29 is 38.4 Å². The zero-order valence-electron chi connectivity index (χ0n) is 28.2. The molecule has 2 N–H and O–H groups in total. The van der Waals surface area contributed by atoms with Gasteiger partial charge in [0.2, 0.25) is 0 Å². The van der Waals surface area contributed by atoms with E-state index < -0.39 is 23.6 Å². The molecule has 3 fully saturated rings. The second-order valence-electron chi connectivity index (χ2n) is 12.7. The summed E-state index contributed by atoms with van der Waals surface area (Å²) in [4.78, 5) is 30.6. The maximum absolute atomic E-state index is 13.6. The molecule has 3 aliphatic heterocycles. The van der Waals surface area contributed by atoms with E-state index in [9.17, 15) is 19.9 Å². The van der Waals surface area contributed by atoms with E-state index in [1.807, 2.05) is 6.07 Å². The van der Waals surface area contributed by atoms with Gasteiger partial charge < -0.3 is 34.6 Å². The van der Waals surface area contributed by atoms with Gasteiger partial charge in [0.15, 0.2) is 29.5 Å². The lowest BCUT2D eigenvalue weighted by molar-refractivity contribution is -0.605. The zero-order chi connectivity index (χ0) is 36.1. The number of nitrogens with zero attached hydrogens (tertiary/aromatic N) is 2. The van der Waals surface area contributed by atoms with Crippen molar-refractivity contribution in [3.8, 4) is 11.5 Å². The van der Waals surface area contributed by atoms with E-state index in [4.69, 9.17) is 42.1 Å². The number of benzene rings is 2. The monoisotopic (exact) mass is 755 g/mol. The van der Waals surface area contributed by atoms with E-state index >= 15 is 0 Å². The van der Waals surface area contributed by atoms with Crippen LogP contribution in [0.15, 0.2) is 73.1 Å². The number of ether oxygens (including phenoxy) is 4. The van der Waals surface area contributed by atoms with E-state index in [2.05, 4.69) is 10.2 Å². The number of aromatic nitrogens is 1. The minimum absolute atomic E-state index is 0.0767. The Morgan fingerprint density at radius 2 is 1.75 bits per heavy atom. The average Bonchev–Trinajstić information content (AvgIpc) is 3.62. The maximum atomic E-state index is 13.6. The summed E-state index contributed by atoms with van der Waals surface area (Å²) in [6.07, 6.45) is 3.30. The molecule has 0 spiro atoms. The van der Waals surface area contributed by atoms with Gasteiger partial charge in [0, 0.05) is 36.5 Å². The van der Waals surface area contributed by atoms with Crippen molar-refractivity contribution in [3.05, 3.63) is 115 Å². The van der Waals surface area contributed by atoms with Crippen molar-refractivity contribution in [1.82, 2.24) is 10.2 Å². The number of halogens is 2. The highest BCUT2D eigenvalue weighted by atomic mass is 35.5. The molecule has 14 heteroatoms. The number of esters is 2. The minimum Gasteiger partial charge on any atom is -0.619 e. The molecule has 0 amide bonds. The number of pyridine rings is 1. The van der Waals surface area contributed by atoms with Gasteiger partial charge >= 0.3 is 11.9 Å².